The van der Waals surface area contributed by atoms with Gasteiger partial charge in [0.25, 0.3) is 0 Å². The van der Waals surface area contributed by atoms with Crippen LogP contribution in [0.4, 0.5) is 0 Å². The fourth-order valence-corrected chi connectivity index (χ4v) is 2.15. The summed E-state index contributed by atoms with van der Waals surface area (Å²) in [7, 11) is 0. The number of Topliss-reactive ketones (excluding diaryl/α,β-unsaturated/α-hetero) is 1. The largest absolute Gasteiger partial charge is 0.386 e. The lowest BCUT2D eigenvalue weighted by Crippen LogP contribution is -2.43. The van der Waals surface area contributed by atoms with E-state index >= 15 is 0 Å². The molecular formula is C9H15NO4. The number of hydrogen-bond donors (Lipinski definition) is 1. The standard InChI is InChI=1S/C9H15NO4/c1-6(11)5-7-3-2-4-8(12)9(7)10(13)14/h7-9,12H,2-5H2,1H3/t7-,8-,9-/m1/s1. The molecule has 1 saturated carbocycles. The molecule has 0 bridgehead atoms. The number of carbonyl (C=O) groups excluding carboxylic acids is 1. The van der Waals surface area contributed by atoms with Crippen molar-refractivity contribution >= 4 is 5.78 Å². The Morgan fingerprint density at radius 1 is 1.57 bits per heavy atom. The fourth-order valence-electron chi connectivity index (χ4n) is 2.15. The summed E-state index contributed by atoms with van der Waals surface area (Å²) in [6, 6.07) is -0.951. The third-order valence-electron chi connectivity index (χ3n) is 2.75. The molecule has 0 aliphatic heterocycles. The molecular weight excluding hydrogens is 186 g/mol. The van der Waals surface area contributed by atoms with Gasteiger partial charge in [-0.05, 0) is 19.8 Å². The molecule has 3 atom stereocenters. The van der Waals surface area contributed by atoms with Gasteiger partial charge in [0.05, 0.1) is 0 Å². The molecule has 5 nitrogen and oxygen atoms in total. The quantitative estimate of drug-likeness (QED) is 0.540. The minimum Gasteiger partial charge on any atom is -0.386 e. The van der Waals surface area contributed by atoms with E-state index in [9.17, 15) is 20.0 Å². The van der Waals surface area contributed by atoms with E-state index in [-0.39, 0.29) is 18.1 Å². The van der Waals surface area contributed by atoms with Crippen LogP contribution in [-0.4, -0.2) is 28.0 Å². The number of ketones is 1. The molecule has 0 unspecified atom stereocenters. The highest BCUT2D eigenvalue weighted by atomic mass is 16.6. The van der Waals surface area contributed by atoms with Gasteiger partial charge in [0.15, 0.2) is 0 Å². The molecule has 0 spiro atoms. The Kier molecular flexibility index (Phi) is 3.57. The Labute approximate surface area is 82.3 Å². The van der Waals surface area contributed by atoms with Crippen molar-refractivity contribution < 1.29 is 14.8 Å². The summed E-state index contributed by atoms with van der Waals surface area (Å²) in [5, 5.41) is 20.2. The second-order valence-corrected chi connectivity index (χ2v) is 3.94. The molecule has 0 heterocycles. The van der Waals surface area contributed by atoms with Gasteiger partial charge in [-0.15, -0.1) is 0 Å². The molecule has 0 aromatic heterocycles. The molecule has 14 heavy (non-hydrogen) atoms. The molecule has 0 radical (unpaired) electrons. The van der Waals surface area contributed by atoms with E-state index < -0.39 is 17.1 Å². The fraction of sp³-hybridized carbons (Fsp3) is 0.889. The maximum Gasteiger partial charge on any atom is 0.241 e. The monoisotopic (exact) mass is 201 g/mol. The van der Waals surface area contributed by atoms with Crippen LogP contribution in [0.15, 0.2) is 0 Å². The first-order valence-electron chi connectivity index (χ1n) is 4.83. The highest BCUT2D eigenvalue weighted by Gasteiger charge is 2.41. The lowest BCUT2D eigenvalue weighted by Gasteiger charge is -2.28. The van der Waals surface area contributed by atoms with Gasteiger partial charge in [0, 0.05) is 17.3 Å². The van der Waals surface area contributed by atoms with Crippen LogP contribution >= 0.6 is 0 Å². The van der Waals surface area contributed by atoms with Crippen molar-refractivity contribution in [2.45, 2.75) is 44.8 Å². The minimum atomic E-state index is -0.951. The molecule has 1 rings (SSSR count). The van der Waals surface area contributed by atoms with Gasteiger partial charge in [-0.25, -0.2) is 0 Å². The summed E-state index contributed by atoms with van der Waals surface area (Å²) in [6.07, 6.45) is 1.23. The molecule has 5 heteroatoms. The van der Waals surface area contributed by atoms with Crippen molar-refractivity contribution in [2.75, 3.05) is 0 Å². The summed E-state index contributed by atoms with van der Waals surface area (Å²) >= 11 is 0. The van der Waals surface area contributed by atoms with Gasteiger partial charge in [-0.3, -0.25) is 10.1 Å². The van der Waals surface area contributed by atoms with Gasteiger partial charge in [-0.1, -0.05) is 6.42 Å². The Balaban J connectivity index is 2.69. The van der Waals surface area contributed by atoms with Gasteiger partial charge < -0.3 is 9.90 Å². The Morgan fingerprint density at radius 2 is 2.21 bits per heavy atom. The molecule has 0 amide bonds. The lowest BCUT2D eigenvalue weighted by atomic mass is 9.80. The zero-order valence-electron chi connectivity index (χ0n) is 8.18. The molecule has 0 aromatic carbocycles. The summed E-state index contributed by atoms with van der Waals surface area (Å²) in [5.41, 5.74) is 0. The number of carbonyl (C=O) groups is 1. The third-order valence-corrected chi connectivity index (χ3v) is 2.75. The van der Waals surface area contributed by atoms with E-state index in [0.717, 1.165) is 6.42 Å². The van der Waals surface area contributed by atoms with E-state index in [1.54, 1.807) is 0 Å². The summed E-state index contributed by atoms with van der Waals surface area (Å²) in [4.78, 5) is 21.1. The highest BCUT2D eigenvalue weighted by Crippen LogP contribution is 2.29. The molecule has 0 saturated heterocycles. The smallest absolute Gasteiger partial charge is 0.241 e. The van der Waals surface area contributed by atoms with E-state index in [1.807, 2.05) is 0 Å². The van der Waals surface area contributed by atoms with Crippen LogP contribution < -0.4 is 0 Å². The normalized spacial score (nSPS) is 32.6. The molecule has 1 fully saturated rings. The topological polar surface area (TPSA) is 80.4 Å². The number of aliphatic hydroxyl groups excluding tert-OH is 1. The first kappa shape index (κ1) is 11.1. The number of rotatable bonds is 3. The average molecular weight is 201 g/mol. The van der Waals surface area contributed by atoms with Gasteiger partial charge >= 0.3 is 0 Å². The minimum absolute atomic E-state index is 0.0454. The average Bonchev–Trinajstić information content (AvgIpc) is 2.01. The second-order valence-electron chi connectivity index (χ2n) is 3.94. The number of hydrogen-bond acceptors (Lipinski definition) is 4. The van der Waals surface area contributed by atoms with Crippen molar-refractivity contribution in [1.82, 2.24) is 0 Å². The Hall–Kier alpha value is -0.970. The predicted octanol–water partition coefficient (Wildman–Crippen LogP) is 0.772. The maximum atomic E-state index is 10.9. The summed E-state index contributed by atoms with van der Waals surface area (Å²) < 4.78 is 0. The Bertz CT molecular complexity index is 241. The first-order valence-corrected chi connectivity index (χ1v) is 4.83. The summed E-state index contributed by atoms with van der Waals surface area (Å²) in [6.45, 7) is 1.43. The zero-order valence-corrected chi connectivity index (χ0v) is 8.18. The van der Waals surface area contributed by atoms with Gasteiger partial charge in [-0.2, -0.15) is 0 Å². The van der Waals surface area contributed by atoms with Gasteiger partial charge in [0.2, 0.25) is 6.04 Å². The van der Waals surface area contributed by atoms with Crippen molar-refractivity contribution in [2.24, 2.45) is 5.92 Å². The summed E-state index contributed by atoms with van der Waals surface area (Å²) in [5.74, 6) is -0.331. The van der Waals surface area contributed by atoms with Crippen LogP contribution in [0.2, 0.25) is 0 Å². The number of aliphatic hydroxyl groups is 1. The van der Waals surface area contributed by atoms with Gasteiger partial charge in [0.1, 0.15) is 11.9 Å². The third kappa shape index (κ3) is 2.51. The van der Waals surface area contributed by atoms with Crippen LogP contribution in [0.25, 0.3) is 0 Å². The van der Waals surface area contributed by atoms with Crippen LogP contribution in [0.3, 0.4) is 0 Å². The molecule has 0 aromatic rings. The van der Waals surface area contributed by atoms with Crippen LogP contribution in [0, 0.1) is 16.0 Å². The van der Waals surface area contributed by atoms with Crippen molar-refractivity contribution in [3.8, 4) is 0 Å². The number of nitrogens with zero attached hydrogens (tertiary/aromatic N) is 1. The van der Waals surface area contributed by atoms with E-state index in [2.05, 4.69) is 0 Å². The highest BCUT2D eigenvalue weighted by molar-refractivity contribution is 5.75. The first-order chi connectivity index (χ1) is 6.52. The molecule has 1 N–H and O–H groups in total. The molecule has 80 valence electrons. The van der Waals surface area contributed by atoms with E-state index in [1.165, 1.54) is 6.92 Å². The predicted molar refractivity (Wildman–Crippen MR) is 49.4 cm³/mol. The van der Waals surface area contributed by atoms with E-state index in [4.69, 9.17) is 0 Å². The second kappa shape index (κ2) is 4.50. The number of nitro groups is 1. The van der Waals surface area contributed by atoms with Crippen molar-refractivity contribution in [1.29, 1.82) is 0 Å². The maximum absolute atomic E-state index is 10.9. The van der Waals surface area contributed by atoms with E-state index in [0.29, 0.717) is 12.8 Å². The van der Waals surface area contributed by atoms with Crippen LogP contribution in [-0.2, 0) is 4.79 Å². The van der Waals surface area contributed by atoms with Crippen LogP contribution in [0.5, 0.6) is 0 Å². The zero-order chi connectivity index (χ0) is 10.7. The van der Waals surface area contributed by atoms with Crippen molar-refractivity contribution in [3.05, 3.63) is 10.1 Å². The van der Waals surface area contributed by atoms with Crippen LogP contribution in [0.1, 0.15) is 32.6 Å². The Morgan fingerprint density at radius 3 is 2.71 bits per heavy atom. The molecule has 1 aliphatic rings. The molecule has 1 aliphatic carbocycles. The lowest BCUT2D eigenvalue weighted by molar-refractivity contribution is -0.547. The van der Waals surface area contributed by atoms with Crippen molar-refractivity contribution in [3.63, 3.8) is 0 Å². The SMILES string of the molecule is CC(=O)C[C@H]1CCC[C@@H](O)[C@@H]1[N+](=O)[O-].